The maximum absolute atomic E-state index is 12.0. The number of rotatable bonds is 2. The average Bonchev–Trinajstić information content (AvgIpc) is 2.61. The predicted octanol–water partition coefficient (Wildman–Crippen LogP) is 2.76. The Morgan fingerprint density at radius 3 is 2.76 bits per heavy atom. The molecule has 1 saturated heterocycles. The van der Waals surface area contributed by atoms with Gasteiger partial charge in [-0.1, -0.05) is 12.8 Å². The van der Waals surface area contributed by atoms with Crippen molar-refractivity contribution in [2.45, 2.75) is 31.7 Å². The fourth-order valence-corrected chi connectivity index (χ4v) is 2.37. The molecular weight excluding hydrogens is 327 g/mol. The maximum atomic E-state index is 12.0. The lowest BCUT2D eigenvalue weighted by Gasteiger charge is -2.15. The first kappa shape index (κ1) is 12.8. The molecule has 1 aliphatic heterocycles. The van der Waals surface area contributed by atoms with E-state index < -0.39 is 0 Å². The maximum Gasteiger partial charge on any atom is 0.241 e. The number of amides is 1. The molecule has 92 valence electrons. The number of anilines is 1. The summed E-state index contributed by atoms with van der Waals surface area (Å²) in [5.41, 5.74) is 0.876. The molecule has 2 rings (SSSR count). The zero-order valence-corrected chi connectivity index (χ0v) is 11.9. The van der Waals surface area contributed by atoms with Gasteiger partial charge in [0.05, 0.1) is 6.04 Å². The first-order valence-corrected chi connectivity index (χ1v) is 7.13. The molecule has 1 heterocycles. The lowest BCUT2D eigenvalue weighted by Crippen LogP contribution is -2.39. The molecule has 17 heavy (non-hydrogen) atoms. The van der Waals surface area contributed by atoms with Crippen LogP contribution in [0, 0.1) is 3.57 Å². The van der Waals surface area contributed by atoms with Crippen molar-refractivity contribution in [2.75, 3.05) is 11.9 Å². The van der Waals surface area contributed by atoms with Crippen LogP contribution < -0.4 is 10.6 Å². The second-order valence-corrected chi connectivity index (χ2v) is 5.60. The fraction of sp³-hybridized carbons (Fsp3) is 0.462. The van der Waals surface area contributed by atoms with Crippen molar-refractivity contribution in [3.63, 3.8) is 0 Å². The van der Waals surface area contributed by atoms with E-state index in [0.717, 1.165) is 25.1 Å². The van der Waals surface area contributed by atoms with Gasteiger partial charge in [-0.3, -0.25) is 4.79 Å². The molecule has 3 nitrogen and oxygen atoms in total. The monoisotopic (exact) mass is 344 g/mol. The molecule has 0 aromatic heterocycles. The standard InChI is InChI=1S/C13H17IN2O/c14-10-5-7-11(8-6-10)16-13(17)12-4-2-1-3-9-15-12/h5-8,12,15H,1-4,9H2,(H,16,17). The van der Waals surface area contributed by atoms with E-state index in [4.69, 9.17) is 0 Å². The average molecular weight is 344 g/mol. The van der Waals surface area contributed by atoms with Crippen molar-refractivity contribution in [1.29, 1.82) is 0 Å². The second kappa shape index (κ2) is 6.35. The minimum Gasteiger partial charge on any atom is -0.325 e. The van der Waals surface area contributed by atoms with E-state index in [-0.39, 0.29) is 11.9 Å². The van der Waals surface area contributed by atoms with Gasteiger partial charge in [0.15, 0.2) is 0 Å². The number of benzene rings is 1. The summed E-state index contributed by atoms with van der Waals surface area (Å²) < 4.78 is 1.17. The first-order chi connectivity index (χ1) is 8.25. The summed E-state index contributed by atoms with van der Waals surface area (Å²) in [6.45, 7) is 0.949. The van der Waals surface area contributed by atoms with Gasteiger partial charge in [-0.15, -0.1) is 0 Å². The quantitative estimate of drug-likeness (QED) is 0.810. The number of halogens is 1. The van der Waals surface area contributed by atoms with Crippen LogP contribution in [0.5, 0.6) is 0 Å². The summed E-state index contributed by atoms with van der Waals surface area (Å²) in [6, 6.07) is 7.84. The summed E-state index contributed by atoms with van der Waals surface area (Å²) in [6.07, 6.45) is 4.47. The van der Waals surface area contributed by atoms with E-state index >= 15 is 0 Å². The normalized spacial score (nSPS) is 20.6. The van der Waals surface area contributed by atoms with Gasteiger partial charge in [0.1, 0.15) is 0 Å². The van der Waals surface area contributed by atoms with Gasteiger partial charge in [0.25, 0.3) is 0 Å². The molecule has 1 unspecified atom stereocenters. The predicted molar refractivity (Wildman–Crippen MR) is 78.0 cm³/mol. The van der Waals surface area contributed by atoms with E-state index in [1.54, 1.807) is 0 Å². The Hall–Kier alpha value is -0.620. The first-order valence-electron chi connectivity index (χ1n) is 6.05. The third kappa shape index (κ3) is 3.96. The van der Waals surface area contributed by atoms with Crippen molar-refractivity contribution in [3.05, 3.63) is 27.8 Å². The third-order valence-corrected chi connectivity index (χ3v) is 3.71. The molecule has 0 radical (unpaired) electrons. The number of hydrogen-bond acceptors (Lipinski definition) is 2. The van der Waals surface area contributed by atoms with Crippen LogP contribution in [0.3, 0.4) is 0 Å². The molecule has 1 fully saturated rings. The van der Waals surface area contributed by atoms with E-state index in [1.165, 1.54) is 16.4 Å². The highest BCUT2D eigenvalue weighted by Crippen LogP contribution is 2.13. The Balaban J connectivity index is 1.93. The summed E-state index contributed by atoms with van der Waals surface area (Å²) in [4.78, 5) is 12.0. The highest BCUT2D eigenvalue weighted by molar-refractivity contribution is 14.1. The summed E-state index contributed by atoms with van der Waals surface area (Å²) >= 11 is 2.25. The molecule has 1 aromatic rings. The molecule has 4 heteroatoms. The van der Waals surface area contributed by atoms with Crippen LogP contribution in [-0.4, -0.2) is 18.5 Å². The largest absolute Gasteiger partial charge is 0.325 e. The fourth-order valence-electron chi connectivity index (χ4n) is 2.01. The molecule has 0 aliphatic carbocycles. The molecule has 1 amide bonds. The minimum absolute atomic E-state index is 0.0308. The van der Waals surface area contributed by atoms with Crippen molar-refractivity contribution in [3.8, 4) is 0 Å². The molecule has 1 aliphatic rings. The molecular formula is C13H17IN2O. The Morgan fingerprint density at radius 1 is 1.24 bits per heavy atom. The van der Waals surface area contributed by atoms with Crippen LogP contribution in [0.2, 0.25) is 0 Å². The number of carbonyl (C=O) groups is 1. The molecule has 0 spiro atoms. The van der Waals surface area contributed by atoms with Crippen molar-refractivity contribution >= 4 is 34.2 Å². The van der Waals surface area contributed by atoms with E-state index in [1.807, 2.05) is 24.3 Å². The molecule has 0 bridgehead atoms. The number of nitrogens with one attached hydrogen (secondary N) is 2. The number of carbonyl (C=O) groups excluding carboxylic acids is 1. The van der Waals surface area contributed by atoms with Gasteiger partial charge in [-0.25, -0.2) is 0 Å². The Kier molecular flexibility index (Phi) is 4.79. The Labute approximate surface area is 116 Å². The van der Waals surface area contributed by atoms with Gasteiger partial charge in [-0.05, 0) is 66.2 Å². The highest BCUT2D eigenvalue weighted by atomic mass is 127. The van der Waals surface area contributed by atoms with Crippen LogP contribution in [-0.2, 0) is 4.79 Å². The van der Waals surface area contributed by atoms with Gasteiger partial charge in [0, 0.05) is 9.26 Å². The van der Waals surface area contributed by atoms with Crippen LogP contribution in [0.15, 0.2) is 24.3 Å². The second-order valence-electron chi connectivity index (χ2n) is 4.35. The van der Waals surface area contributed by atoms with Crippen molar-refractivity contribution in [2.24, 2.45) is 0 Å². The van der Waals surface area contributed by atoms with E-state index in [0.29, 0.717) is 0 Å². The van der Waals surface area contributed by atoms with E-state index in [2.05, 4.69) is 33.2 Å². The Bertz CT molecular complexity index is 370. The van der Waals surface area contributed by atoms with Crippen molar-refractivity contribution < 1.29 is 4.79 Å². The van der Waals surface area contributed by atoms with Gasteiger partial charge < -0.3 is 10.6 Å². The smallest absolute Gasteiger partial charge is 0.241 e. The van der Waals surface area contributed by atoms with Crippen LogP contribution in [0.1, 0.15) is 25.7 Å². The molecule has 1 aromatic carbocycles. The molecule has 0 saturated carbocycles. The molecule has 1 atom stereocenters. The third-order valence-electron chi connectivity index (χ3n) is 2.99. The summed E-state index contributed by atoms with van der Waals surface area (Å²) in [5.74, 6) is 0.0908. The molecule has 2 N–H and O–H groups in total. The summed E-state index contributed by atoms with van der Waals surface area (Å²) in [5, 5.41) is 6.26. The lowest BCUT2D eigenvalue weighted by molar-refractivity contribution is -0.118. The van der Waals surface area contributed by atoms with Crippen LogP contribution in [0.4, 0.5) is 5.69 Å². The van der Waals surface area contributed by atoms with Crippen LogP contribution in [0.25, 0.3) is 0 Å². The zero-order valence-electron chi connectivity index (χ0n) is 9.71. The number of hydrogen-bond donors (Lipinski definition) is 2. The van der Waals surface area contributed by atoms with Gasteiger partial charge in [-0.2, -0.15) is 0 Å². The van der Waals surface area contributed by atoms with Gasteiger partial charge in [0.2, 0.25) is 5.91 Å². The highest BCUT2D eigenvalue weighted by Gasteiger charge is 2.19. The van der Waals surface area contributed by atoms with Gasteiger partial charge >= 0.3 is 0 Å². The summed E-state index contributed by atoms with van der Waals surface area (Å²) in [7, 11) is 0. The minimum atomic E-state index is -0.0308. The van der Waals surface area contributed by atoms with Crippen LogP contribution >= 0.6 is 22.6 Å². The topological polar surface area (TPSA) is 41.1 Å². The Morgan fingerprint density at radius 2 is 2.00 bits per heavy atom. The zero-order chi connectivity index (χ0) is 12.1. The SMILES string of the molecule is O=C(Nc1ccc(I)cc1)C1CCCCCN1. The van der Waals surface area contributed by atoms with Crippen molar-refractivity contribution in [1.82, 2.24) is 5.32 Å². The van der Waals surface area contributed by atoms with E-state index in [9.17, 15) is 4.79 Å². The lowest BCUT2D eigenvalue weighted by atomic mass is 10.1.